The summed E-state index contributed by atoms with van der Waals surface area (Å²) in [7, 11) is 0. The highest BCUT2D eigenvalue weighted by Crippen LogP contribution is 2.46. The minimum Gasteiger partial charge on any atom is -0.309 e. The fourth-order valence-electron chi connectivity index (χ4n) is 10.6. The number of para-hydroxylation sites is 3. The Morgan fingerprint density at radius 3 is 1.35 bits per heavy atom. The fraction of sp³-hybridized carbons (Fsp3) is 0. The molecule has 334 valence electrons. The van der Waals surface area contributed by atoms with Crippen LogP contribution in [-0.4, -0.2) is 19.1 Å². The monoisotopic (exact) mass is 916 g/mol. The van der Waals surface area contributed by atoms with Gasteiger partial charge in [0.15, 0.2) is 5.82 Å². The summed E-state index contributed by atoms with van der Waals surface area (Å²) in [6, 6.07) is 88.6. The van der Waals surface area contributed by atoms with Crippen LogP contribution in [0.3, 0.4) is 0 Å². The molecule has 13 rings (SSSR count). The summed E-state index contributed by atoms with van der Waals surface area (Å²) < 4.78 is 4.78. The minimum atomic E-state index is 0.634. The van der Waals surface area contributed by atoms with E-state index in [9.17, 15) is 10.5 Å². The summed E-state index contributed by atoms with van der Waals surface area (Å²) in [4.78, 5) is 10.7. The third-order valence-corrected chi connectivity index (χ3v) is 13.9. The molecule has 0 unspecified atom stereocenters. The first-order chi connectivity index (χ1) is 35.6. The summed E-state index contributed by atoms with van der Waals surface area (Å²) in [5.41, 5.74) is 17.7. The van der Waals surface area contributed by atoms with Gasteiger partial charge in [-0.3, -0.25) is 0 Å². The molecule has 0 spiro atoms. The third kappa shape index (κ3) is 6.94. The molecule has 0 aliphatic carbocycles. The van der Waals surface area contributed by atoms with Crippen molar-refractivity contribution in [3.05, 3.63) is 254 Å². The highest BCUT2D eigenvalue weighted by atomic mass is 15.0. The van der Waals surface area contributed by atoms with Gasteiger partial charge in [0.05, 0.1) is 68.1 Å². The lowest BCUT2D eigenvalue weighted by Gasteiger charge is -2.22. The number of hydrogen-bond donors (Lipinski definition) is 0. The maximum atomic E-state index is 10.2. The molecule has 0 saturated carbocycles. The van der Waals surface area contributed by atoms with Crippen molar-refractivity contribution in [1.82, 2.24) is 19.1 Å². The van der Waals surface area contributed by atoms with Gasteiger partial charge in [-0.05, 0) is 89.0 Å². The molecule has 6 heteroatoms. The number of nitriles is 2. The number of benzene rings is 10. The van der Waals surface area contributed by atoms with Gasteiger partial charge in [-0.25, -0.2) is 9.97 Å². The molecule has 0 radical (unpaired) electrons. The van der Waals surface area contributed by atoms with Crippen molar-refractivity contribution in [1.29, 1.82) is 10.5 Å². The predicted octanol–water partition coefficient (Wildman–Crippen LogP) is 16.4. The van der Waals surface area contributed by atoms with Crippen LogP contribution in [-0.2, 0) is 0 Å². The lowest BCUT2D eigenvalue weighted by atomic mass is 9.93. The minimum absolute atomic E-state index is 0.634. The van der Waals surface area contributed by atoms with Crippen LogP contribution in [0.1, 0.15) is 11.1 Å². The number of fused-ring (bicyclic) bond motifs is 6. The number of hydrogen-bond acceptors (Lipinski definition) is 4. The first-order valence-corrected chi connectivity index (χ1v) is 23.9. The van der Waals surface area contributed by atoms with Crippen molar-refractivity contribution in [2.24, 2.45) is 0 Å². The Kier molecular flexibility index (Phi) is 10.2. The highest BCUT2D eigenvalue weighted by Gasteiger charge is 2.25. The van der Waals surface area contributed by atoms with E-state index in [1.807, 2.05) is 84.9 Å². The van der Waals surface area contributed by atoms with Crippen LogP contribution in [0.2, 0.25) is 0 Å². The van der Waals surface area contributed by atoms with Crippen molar-refractivity contribution in [3.63, 3.8) is 0 Å². The van der Waals surface area contributed by atoms with Gasteiger partial charge >= 0.3 is 0 Å². The SMILES string of the molecule is N#Cc1ccccc1-c1ccc2c(c1)c1ccccc1n2-c1ccccc1-c1c(-c2cc(-c3ccccc3)nc(-c3ccccc3)n2)cccc1-n1c2ccccc2c2cc(-c3ccccc3C#N)ccc21. The summed E-state index contributed by atoms with van der Waals surface area (Å²) in [5.74, 6) is 0.634. The van der Waals surface area contributed by atoms with Gasteiger partial charge in [0, 0.05) is 49.4 Å². The molecule has 0 amide bonds. The lowest BCUT2D eigenvalue weighted by molar-refractivity contribution is 1.15. The van der Waals surface area contributed by atoms with Crippen molar-refractivity contribution in [2.45, 2.75) is 0 Å². The normalized spacial score (nSPS) is 11.3. The molecule has 0 aliphatic rings. The fourth-order valence-corrected chi connectivity index (χ4v) is 10.6. The van der Waals surface area contributed by atoms with Crippen molar-refractivity contribution in [2.75, 3.05) is 0 Å². The summed E-state index contributed by atoms with van der Waals surface area (Å²) >= 11 is 0. The van der Waals surface area contributed by atoms with E-state index in [2.05, 4.69) is 179 Å². The number of nitrogens with zero attached hydrogens (tertiary/aromatic N) is 6. The Labute approximate surface area is 415 Å². The second-order valence-corrected chi connectivity index (χ2v) is 17.9. The molecule has 0 saturated heterocycles. The molecule has 6 nitrogen and oxygen atoms in total. The molecule has 0 bridgehead atoms. The topological polar surface area (TPSA) is 83.2 Å². The summed E-state index contributed by atoms with van der Waals surface area (Å²) in [6.45, 7) is 0. The quantitative estimate of drug-likeness (QED) is 0.152. The number of rotatable bonds is 8. The van der Waals surface area contributed by atoms with Crippen LogP contribution in [0, 0.1) is 22.7 Å². The van der Waals surface area contributed by atoms with Crippen molar-refractivity contribution >= 4 is 43.6 Å². The van der Waals surface area contributed by atoms with Crippen LogP contribution < -0.4 is 0 Å². The molecule has 0 aliphatic heterocycles. The zero-order chi connectivity index (χ0) is 48.1. The molecule has 3 aromatic heterocycles. The maximum Gasteiger partial charge on any atom is 0.160 e. The van der Waals surface area contributed by atoms with Gasteiger partial charge in [0.1, 0.15) is 0 Å². The molecular formula is C66H40N6. The van der Waals surface area contributed by atoms with Gasteiger partial charge in [-0.1, -0.05) is 176 Å². The Morgan fingerprint density at radius 2 is 0.750 bits per heavy atom. The van der Waals surface area contributed by atoms with E-state index in [1.54, 1.807) is 0 Å². The Balaban J connectivity index is 1.13. The Morgan fingerprint density at radius 1 is 0.306 bits per heavy atom. The Hall–Kier alpha value is -10.1. The smallest absolute Gasteiger partial charge is 0.160 e. The first kappa shape index (κ1) is 42.0. The van der Waals surface area contributed by atoms with Gasteiger partial charge in [0.25, 0.3) is 0 Å². The zero-order valence-corrected chi connectivity index (χ0v) is 38.8. The summed E-state index contributed by atoms with van der Waals surface area (Å²) in [6.07, 6.45) is 0. The molecule has 13 aromatic rings. The second-order valence-electron chi connectivity index (χ2n) is 17.9. The van der Waals surface area contributed by atoms with Crippen molar-refractivity contribution in [3.8, 4) is 90.8 Å². The second kappa shape index (κ2) is 17.4. The van der Waals surface area contributed by atoms with Gasteiger partial charge < -0.3 is 9.13 Å². The summed E-state index contributed by atoms with van der Waals surface area (Å²) in [5, 5.41) is 24.7. The van der Waals surface area contributed by atoms with E-state index < -0.39 is 0 Å². The van der Waals surface area contributed by atoms with E-state index in [0.29, 0.717) is 17.0 Å². The van der Waals surface area contributed by atoms with Gasteiger partial charge in [0.2, 0.25) is 0 Å². The number of aromatic nitrogens is 4. The maximum absolute atomic E-state index is 10.2. The Bertz CT molecular complexity index is 4300. The van der Waals surface area contributed by atoms with Crippen molar-refractivity contribution < 1.29 is 0 Å². The molecule has 0 fully saturated rings. The molecule has 3 heterocycles. The van der Waals surface area contributed by atoms with Gasteiger partial charge in [-0.2, -0.15) is 10.5 Å². The molecule has 10 aromatic carbocycles. The van der Waals surface area contributed by atoms with Gasteiger partial charge in [-0.15, -0.1) is 0 Å². The zero-order valence-electron chi connectivity index (χ0n) is 38.8. The van der Waals surface area contributed by atoms with Crippen LogP contribution in [0.25, 0.3) is 122 Å². The molecule has 72 heavy (non-hydrogen) atoms. The largest absolute Gasteiger partial charge is 0.309 e. The van der Waals surface area contributed by atoms with E-state index in [-0.39, 0.29) is 0 Å². The average molecular weight is 917 g/mol. The van der Waals surface area contributed by atoms with Crippen LogP contribution in [0.4, 0.5) is 0 Å². The lowest BCUT2D eigenvalue weighted by Crippen LogP contribution is -2.04. The molecule has 0 N–H and O–H groups in total. The highest BCUT2D eigenvalue weighted by molar-refractivity contribution is 6.13. The van der Waals surface area contributed by atoms with Crippen LogP contribution in [0.5, 0.6) is 0 Å². The molecule has 0 atom stereocenters. The van der Waals surface area contributed by atoms with E-state index in [4.69, 9.17) is 9.97 Å². The standard InChI is InChI=1S/C66H40N6/c67-41-47-22-7-9-24-49(47)45-34-36-62-55(38-45)51-26-11-14-30-59(51)71(62)61-32-16-13-28-54(61)65-53(58-40-57(43-18-3-1-4-19-43)69-66(70-58)44-20-5-2-6-21-44)29-17-33-64(65)72-60-31-15-12-27-52(60)56-39-46(35-37-63(56)72)50-25-10-8-23-48(50)42-68/h1-40H. The van der Waals surface area contributed by atoms with Crippen LogP contribution >= 0.6 is 0 Å². The van der Waals surface area contributed by atoms with E-state index in [0.717, 1.165) is 116 Å². The molecular weight excluding hydrogens is 877 g/mol. The third-order valence-electron chi connectivity index (χ3n) is 13.9. The van der Waals surface area contributed by atoms with Crippen LogP contribution in [0.15, 0.2) is 243 Å². The van der Waals surface area contributed by atoms with E-state index >= 15 is 0 Å². The van der Waals surface area contributed by atoms with E-state index in [1.165, 1.54) is 0 Å². The predicted molar refractivity (Wildman–Crippen MR) is 293 cm³/mol. The average Bonchev–Trinajstić information content (AvgIpc) is 3.97. The first-order valence-electron chi connectivity index (χ1n) is 23.9.